The van der Waals surface area contributed by atoms with Crippen LogP contribution in [0, 0.1) is 0 Å². The molecule has 1 aliphatic heterocycles. The summed E-state index contributed by atoms with van der Waals surface area (Å²) >= 11 is 7.61. The lowest BCUT2D eigenvalue weighted by molar-refractivity contribution is 0.737. The molecule has 1 aliphatic rings. The minimum Gasteiger partial charge on any atom is -0.240 e. The molecule has 0 N–H and O–H groups in total. The third-order valence-corrected chi connectivity index (χ3v) is 7.01. The molecule has 2 rings (SSSR count). The Kier molecular flexibility index (Phi) is 5.83. The van der Waals surface area contributed by atoms with E-state index in [-0.39, 0.29) is 0 Å². The van der Waals surface area contributed by atoms with Crippen molar-refractivity contribution in [3.8, 4) is 0 Å². The molecule has 1 aromatic rings. The molecule has 1 aromatic heterocycles. The summed E-state index contributed by atoms with van der Waals surface area (Å²) in [5.41, 5.74) is 2.42. The van der Waals surface area contributed by atoms with Gasteiger partial charge in [0.05, 0.1) is 5.25 Å². The van der Waals surface area contributed by atoms with E-state index in [1.165, 1.54) is 29.2 Å². The van der Waals surface area contributed by atoms with Gasteiger partial charge in [-0.3, -0.25) is 0 Å². The van der Waals surface area contributed by atoms with Gasteiger partial charge in [-0.15, -0.1) is 11.8 Å². The van der Waals surface area contributed by atoms with E-state index in [1.54, 1.807) is 0 Å². The summed E-state index contributed by atoms with van der Waals surface area (Å²) < 4.78 is 0. The van der Waals surface area contributed by atoms with E-state index in [9.17, 15) is 0 Å². The van der Waals surface area contributed by atoms with Gasteiger partial charge in [-0.1, -0.05) is 29.8 Å². The van der Waals surface area contributed by atoms with Gasteiger partial charge in [-0.05, 0) is 12.8 Å². The third kappa shape index (κ3) is 3.23. The topological polar surface area (TPSA) is 25.8 Å². The summed E-state index contributed by atoms with van der Waals surface area (Å²) in [6.07, 6.45) is 4.19. The number of alkyl halides is 1. The van der Waals surface area contributed by atoms with Crippen molar-refractivity contribution >= 4 is 39.5 Å². The monoisotopic (exact) mass is 346 g/mol. The first-order valence-electron chi connectivity index (χ1n) is 6.44. The minimum absolute atomic E-state index is 0.475. The number of rotatable bonds is 4. The summed E-state index contributed by atoms with van der Waals surface area (Å²) in [5, 5.41) is 1.99. The first-order chi connectivity index (χ1) is 8.80. The van der Waals surface area contributed by atoms with E-state index in [1.807, 2.05) is 18.0 Å². The number of nitrogens with zero attached hydrogens (tertiary/aromatic N) is 2. The third-order valence-electron chi connectivity index (χ3n) is 3.16. The molecule has 5 heteroatoms. The van der Waals surface area contributed by atoms with E-state index in [0.717, 1.165) is 17.6 Å². The first-order valence-corrected chi connectivity index (χ1v) is 9.65. The van der Waals surface area contributed by atoms with E-state index in [4.69, 9.17) is 4.98 Å². The summed E-state index contributed by atoms with van der Waals surface area (Å²) in [4.78, 5) is 9.41. The molecule has 0 aliphatic carbocycles. The highest BCUT2D eigenvalue weighted by Crippen LogP contribution is 2.42. The van der Waals surface area contributed by atoms with Gasteiger partial charge in [-0.25, -0.2) is 9.97 Å². The molecule has 0 bridgehead atoms. The second kappa shape index (κ2) is 7.15. The highest BCUT2D eigenvalue weighted by Gasteiger charge is 2.28. The lowest BCUT2D eigenvalue weighted by Gasteiger charge is -2.29. The number of halogens is 1. The molecular formula is C13H19BrN2S2. The SMILES string of the molecule is CCc1nc(C2SCCSC2CC)ncc1CBr. The predicted octanol–water partition coefficient (Wildman–Crippen LogP) is 4.23. The van der Waals surface area contributed by atoms with Crippen LogP contribution < -0.4 is 0 Å². The van der Waals surface area contributed by atoms with Gasteiger partial charge >= 0.3 is 0 Å². The molecular weight excluding hydrogens is 328 g/mol. The van der Waals surface area contributed by atoms with Crippen LogP contribution in [0.4, 0.5) is 0 Å². The van der Waals surface area contributed by atoms with Gasteiger partial charge in [0.1, 0.15) is 5.82 Å². The van der Waals surface area contributed by atoms with Crippen molar-refractivity contribution in [1.29, 1.82) is 0 Å². The van der Waals surface area contributed by atoms with Crippen LogP contribution in [-0.4, -0.2) is 26.7 Å². The molecule has 0 aromatic carbocycles. The van der Waals surface area contributed by atoms with Gasteiger partial charge in [0.15, 0.2) is 0 Å². The highest BCUT2D eigenvalue weighted by molar-refractivity contribution is 9.08. The average Bonchev–Trinajstić information content (AvgIpc) is 2.46. The van der Waals surface area contributed by atoms with E-state index in [2.05, 4.69) is 46.5 Å². The molecule has 2 atom stereocenters. The molecule has 1 saturated heterocycles. The smallest absolute Gasteiger partial charge is 0.142 e. The van der Waals surface area contributed by atoms with Crippen LogP contribution in [0.2, 0.25) is 0 Å². The van der Waals surface area contributed by atoms with Gasteiger partial charge in [-0.2, -0.15) is 11.8 Å². The summed E-state index contributed by atoms with van der Waals surface area (Å²) in [7, 11) is 0. The second-order valence-corrected chi connectivity index (χ2v) is 7.45. The molecule has 0 amide bonds. The Hall–Kier alpha value is 0.260. The Bertz CT molecular complexity index is 401. The van der Waals surface area contributed by atoms with Crippen molar-refractivity contribution in [2.24, 2.45) is 0 Å². The van der Waals surface area contributed by atoms with Crippen LogP contribution in [0.15, 0.2) is 6.20 Å². The van der Waals surface area contributed by atoms with Gasteiger partial charge in [0, 0.05) is 39.5 Å². The number of hydrogen-bond acceptors (Lipinski definition) is 4. The van der Waals surface area contributed by atoms with Crippen LogP contribution in [0.25, 0.3) is 0 Å². The lowest BCUT2D eigenvalue weighted by atomic mass is 10.2. The standard InChI is InChI=1S/C13H19BrN2S2/c1-3-10-9(7-14)8-15-13(16-10)12-11(4-2)17-5-6-18-12/h8,11-12H,3-7H2,1-2H3. The molecule has 2 nitrogen and oxygen atoms in total. The largest absolute Gasteiger partial charge is 0.240 e. The Labute approximate surface area is 126 Å². The zero-order chi connectivity index (χ0) is 13.0. The van der Waals surface area contributed by atoms with Crippen molar-refractivity contribution in [3.05, 3.63) is 23.3 Å². The maximum atomic E-state index is 4.81. The molecule has 100 valence electrons. The van der Waals surface area contributed by atoms with E-state index in [0.29, 0.717) is 10.5 Å². The molecule has 18 heavy (non-hydrogen) atoms. The van der Waals surface area contributed by atoms with Crippen molar-refractivity contribution in [1.82, 2.24) is 9.97 Å². The number of hydrogen-bond donors (Lipinski definition) is 0. The molecule has 1 fully saturated rings. The van der Waals surface area contributed by atoms with Crippen molar-refractivity contribution in [2.75, 3.05) is 11.5 Å². The highest BCUT2D eigenvalue weighted by atomic mass is 79.9. The van der Waals surface area contributed by atoms with Crippen LogP contribution in [-0.2, 0) is 11.8 Å². The fourth-order valence-electron chi connectivity index (χ4n) is 2.15. The fraction of sp³-hybridized carbons (Fsp3) is 0.692. The van der Waals surface area contributed by atoms with Crippen molar-refractivity contribution in [3.63, 3.8) is 0 Å². The van der Waals surface area contributed by atoms with Crippen molar-refractivity contribution in [2.45, 2.75) is 42.5 Å². The maximum absolute atomic E-state index is 4.81. The summed E-state index contributed by atoms with van der Waals surface area (Å²) in [6.45, 7) is 4.43. The van der Waals surface area contributed by atoms with Crippen LogP contribution >= 0.6 is 39.5 Å². The van der Waals surface area contributed by atoms with Crippen LogP contribution in [0.1, 0.15) is 42.6 Å². The average molecular weight is 347 g/mol. The summed E-state index contributed by atoms with van der Waals surface area (Å²) in [6, 6.07) is 0. The minimum atomic E-state index is 0.475. The van der Waals surface area contributed by atoms with E-state index < -0.39 is 0 Å². The normalized spacial score (nSPS) is 24.2. The van der Waals surface area contributed by atoms with Gasteiger partial charge < -0.3 is 0 Å². The zero-order valence-corrected chi connectivity index (χ0v) is 14.1. The molecule has 0 spiro atoms. The fourth-order valence-corrected chi connectivity index (χ4v) is 5.62. The van der Waals surface area contributed by atoms with Crippen LogP contribution in [0.3, 0.4) is 0 Å². The van der Waals surface area contributed by atoms with Crippen molar-refractivity contribution < 1.29 is 0 Å². The number of aromatic nitrogens is 2. The Balaban J connectivity index is 2.26. The number of aryl methyl sites for hydroxylation is 1. The molecule has 2 unspecified atom stereocenters. The zero-order valence-electron chi connectivity index (χ0n) is 10.9. The molecule has 2 heterocycles. The molecule has 0 saturated carbocycles. The second-order valence-electron chi connectivity index (χ2n) is 4.30. The summed E-state index contributed by atoms with van der Waals surface area (Å²) in [5.74, 6) is 3.52. The Morgan fingerprint density at radius 1 is 1.33 bits per heavy atom. The van der Waals surface area contributed by atoms with Gasteiger partial charge in [0.25, 0.3) is 0 Å². The first kappa shape index (κ1) is 14.7. The lowest BCUT2D eigenvalue weighted by Crippen LogP contribution is -2.21. The Morgan fingerprint density at radius 3 is 2.78 bits per heavy atom. The predicted molar refractivity (Wildman–Crippen MR) is 85.8 cm³/mol. The Morgan fingerprint density at radius 2 is 2.11 bits per heavy atom. The number of thioether (sulfide) groups is 2. The maximum Gasteiger partial charge on any atom is 0.142 e. The molecule has 0 radical (unpaired) electrons. The quantitative estimate of drug-likeness (QED) is 0.761. The van der Waals surface area contributed by atoms with Gasteiger partial charge in [0.2, 0.25) is 0 Å². The van der Waals surface area contributed by atoms with Crippen LogP contribution in [0.5, 0.6) is 0 Å². The van der Waals surface area contributed by atoms with E-state index >= 15 is 0 Å².